The number of aryl methyl sites for hydroxylation is 2. The number of fused-ring (bicyclic) bond motifs is 1. The summed E-state index contributed by atoms with van der Waals surface area (Å²) >= 11 is 0. The highest BCUT2D eigenvalue weighted by Crippen LogP contribution is 2.29. The Bertz CT molecular complexity index is 1050. The molecule has 29 heavy (non-hydrogen) atoms. The predicted molar refractivity (Wildman–Crippen MR) is 119 cm³/mol. The number of aromatic nitrogens is 1. The Morgan fingerprint density at radius 2 is 1.83 bits per heavy atom. The van der Waals surface area contributed by atoms with Crippen LogP contribution < -0.4 is 5.73 Å². The summed E-state index contributed by atoms with van der Waals surface area (Å²) in [6.45, 7) is 7.78. The van der Waals surface area contributed by atoms with Gasteiger partial charge in [-0.3, -0.25) is 4.79 Å². The normalized spacial score (nSPS) is 16.2. The molecule has 0 aliphatic carbocycles. The lowest BCUT2D eigenvalue weighted by Crippen LogP contribution is -2.42. The van der Waals surface area contributed by atoms with Gasteiger partial charge in [0.15, 0.2) is 0 Å². The Labute approximate surface area is 172 Å². The van der Waals surface area contributed by atoms with Gasteiger partial charge in [0.25, 0.3) is 5.91 Å². The number of hydrogen-bond donors (Lipinski definition) is 1. The lowest BCUT2D eigenvalue weighted by Gasteiger charge is -2.34. The van der Waals surface area contributed by atoms with Gasteiger partial charge in [0.1, 0.15) is 0 Å². The van der Waals surface area contributed by atoms with E-state index in [9.17, 15) is 4.79 Å². The summed E-state index contributed by atoms with van der Waals surface area (Å²) < 4.78 is 0. The molecule has 4 heteroatoms. The molecule has 2 aromatic carbocycles. The maximum Gasteiger partial charge on any atom is 0.254 e. The van der Waals surface area contributed by atoms with Gasteiger partial charge in [-0.05, 0) is 57.2 Å². The summed E-state index contributed by atoms with van der Waals surface area (Å²) in [5.41, 5.74) is 12.0. The molecule has 1 unspecified atom stereocenters. The number of amides is 1. The second-order valence-electron chi connectivity index (χ2n) is 8.38. The molecule has 1 saturated heterocycles. The Morgan fingerprint density at radius 3 is 2.52 bits per heavy atom. The number of likely N-dealkylation sites (tertiary alicyclic amines) is 1. The molecule has 1 fully saturated rings. The van der Waals surface area contributed by atoms with Gasteiger partial charge in [-0.2, -0.15) is 0 Å². The lowest BCUT2D eigenvalue weighted by molar-refractivity contribution is 0.0683. The fourth-order valence-corrected chi connectivity index (χ4v) is 4.39. The molecule has 0 radical (unpaired) electrons. The summed E-state index contributed by atoms with van der Waals surface area (Å²) in [5.74, 6) is 0.594. The highest BCUT2D eigenvalue weighted by molar-refractivity contribution is 6.07. The van der Waals surface area contributed by atoms with E-state index in [2.05, 4.69) is 39.0 Å². The van der Waals surface area contributed by atoms with Gasteiger partial charge in [-0.1, -0.05) is 42.0 Å². The minimum absolute atomic E-state index is 0.0951. The predicted octanol–water partition coefficient (Wildman–Crippen LogP) is 4.72. The molecule has 1 aromatic heterocycles. The van der Waals surface area contributed by atoms with Crippen LogP contribution in [-0.2, 0) is 0 Å². The summed E-state index contributed by atoms with van der Waals surface area (Å²) in [6.07, 6.45) is 1.94. The van der Waals surface area contributed by atoms with Gasteiger partial charge in [0.2, 0.25) is 0 Å². The molecular weight excluding hydrogens is 358 g/mol. The number of pyridine rings is 1. The van der Waals surface area contributed by atoms with Crippen LogP contribution in [0.15, 0.2) is 48.5 Å². The van der Waals surface area contributed by atoms with Crippen molar-refractivity contribution in [3.63, 3.8) is 0 Å². The van der Waals surface area contributed by atoms with Crippen molar-refractivity contribution in [2.75, 3.05) is 13.1 Å². The van der Waals surface area contributed by atoms with E-state index >= 15 is 0 Å². The van der Waals surface area contributed by atoms with E-state index in [0.717, 1.165) is 53.7 Å². The number of benzene rings is 2. The Balaban J connectivity index is 1.74. The van der Waals surface area contributed by atoms with E-state index in [0.29, 0.717) is 5.92 Å². The highest BCUT2D eigenvalue weighted by Gasteiger charge is 2.27. The van der Waals surface area contributed by atoms with Crippen LogP contribution in [-0.4, -0.2) is 34.9 Å². The van der Waals surface area contributed by atoms with Crippen molar-refractivity contribution >= 4 is 16.8 Å². The lowest BCUT2D eigenvalue weighted by atomic mass is 9.90. The van der Waals surface area contributed by atoms with E-state index < -0.39 is 0 Å². The average molecular weight is 388 g/mol. The van der Waals surface area contributed by atoms with Crippen LogP contribution in [0.3, 0.4) is 0 Å². The molecule has 0 bridgehead atoms. The number of rotatable bonds is 3. The molecule has 2 heterocycles. The van der Waals surface area contributed by atoms with Crippen LogP contribution >= 0.6 is 0 Å². The van der Waals surface area contributed by atoms with Gasteiger partial charge >= 0.3 is 0 Å². The Morgan fingerprint density at radius 1 is 1.10 bits per heavy atom. The van der Waals surface area contributed by atoms with Crippen molar-refractivity contribution in [3.05, 3.63) is 65.2 Å². The molecule has 1 atom stereocenters. The van der Waals surface area contributed by atoms with Gasteiger partial charge < -0.3 is 10.6 Å². The SMILES string of the molecule is Cc1ccc(-c2cc(C(=O)N3CCC(C(C)N)CC3)c3ccccc3n2)c(C)c1. The number of carbonyl (C=O) groups is 1. The summed E-state index contributed by atoms with van der Waals surface area (Å²) in [4.78, 5) is 20.3. The number of carbonyl (C=O) groups excluding carboxylic acids is 1. The Hall–Kier alpha value is -2.72. The smallest absolute Gasteiger partial charge is 0.254 e. The summed E-state index contributed by atoms with van der Waals surface area (Å²) in [5, 5.41) is 0.917. The molecule has 150 valence electrons. The van der Waals surface area contributed by atoms with E-state index in [-0.39, 0.29) is 11.9 Å². The van der Waals surface area contributed by atoms with E-state index in [1.165, 1.54) is 11.1 Å². The standard InChI is InChI=1S/C25H29N3O/c1-16-8-9-20(17(2)14-16)24-15-22(21-6-4-5-7-23(21)27-24)25(29)28-12-10-19(11-13-28)18(3)26/h4-9,14-15,18-19H,10-13,26H2,1-3H3. The van der Waals surface area contributed by atoms with Crippen LogP contribution in [0.1, 0.15) is 41.3 Å². The molecule has 1 aliphatic heterocycles. The number of para-hydroxylation sites is 1. The molecule has 1 amide bonds. The van der Waals surface area contributed by atoms with Crippen molar-refractivity contribution < 1.29 is 4.79 Å². The molecule has 4 rings (SSSR count). The topological polar surface area (TPSA) is 59.2 Å². The second-order valence-corrected chi connectivity index (χ2v) is 8.38. The van der Waals surface area contributed by atoms with E-state index in [1.807, 2.05) is 35.2 Å². The maximum atomic E-state index is 13.5. The third-order valence-corrected chi connectivity index (χ3v) is 6.17. The minimum atomic E-state index is 0.0951. The first kappa shape index (κ1) is 19.6. The zero-order chi connectivity index (χ0) is 20.5. The average Bonchev–Trinajstić information content (AvgIpc) is 2.72. The third-order valence-electron chi connectivity index (χ3n) is 6.17. The van der Waals surface area contributed by atoms with Crippen molar-refractivity contribution in [3.8, 4) is 11.3 Å². The zero-order valence-electron chi connectivity index (χ0n) is 17.5. The summed E-state index contributed by atoms with van der Waals surface area (Å²) in [6, 6.07) is 16.4. The Kier molecular flexibility index (Phi) is 5.37. The number of nitrogens with two attached hydrogens (primary N) is 1. The van der Waals surface area contributed by atoms with Crippen LogP contribution in [0, 0.1) is 19.8 Å². The first-order chi connectivity index (χ1) is 13.9. The fourth-order valence-electron chi connectivity index (χ4n) is 4.39. The monoisotopic (exact) mass is 387 g/mol. The highest BCUT2D eigenvalue weighted by atomic mass is 16.2. The van der Waals surface area contributed by atoms with Crippen LogP contribution in [0.25, 0.3) is 22.2 Å². The largest absolute Gasteiger partial charge is 0.339 e. The first-order valence-corrected chi connectivity index (χ1v) is 10.5. The number of piperidine rings is 1. The third kappa shape index (κ3) is 3.90. The van der Waals surface area contributed by atoms with Gasteiger partial charge in [-0.15, -0.1) is 0 Å². The fraction of sp³-hybridized carbons (Fsp3) is 0.360. The van der Waals surface area contributed by atoms with Crippen molar-refractivity contribution in [1.29, 1.82) is 0 Å². The van der Waals surface area contributed by atoms with Crippen molar-refractivity contribution in [1.82, 2.24) is 9.88 Å². The van der Waals surface area contributed by atoms with Crippen LogP contribution in [0.4, 0.5) is 0 Å². The van der Waals surface area contributed by atoms with Gasteiger partial charge in [0.05, 0.1) is 16.8 Å². The number of hydrogen-bond acceptors (Lipinski definition) is 3. The van der Waals surface area contributed by atoms with E-state index in [4.69, 9.17) is 10.7 Å². The zero-order valence-corrected chi connectivity index (χ0v) is 17.5. The molecular formula is C25H29N3O. The summed E-state index contributed by atoms with van der Waals surface area (Å²) in [7, 11) is 0. The molecule has 2 N–H and O–H groups in total. The second kappa shape index (κ2) is 7.96. The number of nitrogens with zero attached hydrogens (tertiary/aromatic N) is 2. The molecule has 1 aliphatic rings. The van der Waals surface area contributed by atoms with Crippen LogP contribution in [0.2, 0.25) is 0 Å². The van der Waals surface area contributed by atoms with Gasteiger partial charge in [0, 0.05) is 30.1 Å². The minimum Gasteiger partial charge on any atom is -0.339 e. The molecule has 0 saturated carbocycles. The molecule has 0 spiro atoms. The first-order valence-electron chi connectivity index (χ1n) is 10.5. The van der Waals surface area contributed by atoms with Gasteiger partial charge in [-0.25, -0.2) is 4.98 Å². The maximum absolute atomic E-state index is 13.5. The van der Waals surface area contributed by atoms with E-state index in [1.54, 1.807) is 0 Å². The van der Waals surface area contributed by atoms with Crippen LogP contribution in [0.5, 0.6) is 0 Å². The molecule has 4 nitrogen and oxygen atoms in total. The molecule has 3 aromatic rings. The van der Waals surface area contributed by atoms with Crippen molar-refractivity contribution in [2.24, 2.45) is 11.7 Å². The van der Waals surface area contributed by atoms with Crippen molar-refractivity contribution in [2.45, 2.75) is 39.7 Å². The quantitative estimate of drug-likeness (QED) is 0.707.